The van der Waals surface area contributed by atoms with Gasteiger partial charge < -0.3 is 10.1 Å². The van der Waals surface area contributed by atoms with E-state index in [4.69, 9.17) is 4.74 Å². The van der Waals surface area contributed by atoms with E-state index in [2.05, 4.69) is 16.2 Å². The fourth-order valence-corrected chi connectivity index (χ4v) is 3.81. The van der Waals surface area contributed by atoms with Crippen molar-refractivity contribution in [1.82, 2.24) is 10.9 Å². The Morgan fingerprint density at radius 3 is 2.05 bits per heavy atom. The van der Waals surface area contributed by atoms with Gasteiger partial charge in [-0.1, -0.05) is 67.1 Å². The lowest BCUT2D eigenvalue weighted by atomic mass is 10.1. The van der Waals surface area contributed by atoms with Gasteiger partial charge in [-0.2, -0.15) is 0 Å². The third-order valence-corrected chi connectivity index (χ3v) is 5.89. The molecule has 7 nitrogen and oxygen atoms in total. The molecule has 0 aliphatic rings. The fourth-order valence-electron chi connectivity index (χ4n) is 3.81. The Bertz CT molecular complexity index is 1400. The van der Waals surface area contributed by atoms with Crippen molar-refractivity contribution >= 4 is 23.4 Å². The highest BCUT2D eigenvalue weighted by atomic mass is 16.5. The summed E-state index contributed by atoms with van der Waals surface area (Å²) >= 11 is 0. The van der Waals surface area contributed by atoms with Gasteiger partial charge in [0.25, 0.3) is 17.7 Å². The van der Waals surface area contributed by atoms with Gasteiger partial charge in [0.1, 0.15) is 5.75 Å². The number of hydrogen-bond acceptors (Lipinski definition) is 4. The predicted octanol–water partition coefficient (Wildman–Crippen LogP) is 5.53. The predicted molar refractivity (Wildman–Crippen MR) is 148 cm³/mol. The maximum Gasteiger partial charge on any atom is 0.279 e. The highest BCUT2D eigenvalue weighted by Crippen LogP contribution is 2.23. The van der Waals surface area contributed by atoms with Crippen LogP contribution >= 0.6 is 0 Å². The SMILES string of the molecule is CCC(Oc1ccc(-c2ccccc2)cc1)C(=O)NNC(=O)c1ccc(NC(=O)c2cccc(C)c2)cc1. The number of nitrogens with one attached hydrogen (secondary N) is 3. The van der Waals surface area contributed by atoms with Crippen molar-refractivity contribution in [2.45, 2.75) is 26.4 Å². The van der Waals surface area contributed by atoms with Crippen LogP contribution in [0, 0.1) is 6.92 Å². The molecule has 1 atom stereocenters. The minimum atomic E-state index is -0.780. The minimum absolute atomic E-state index is 0.238. The molecule has 3 amide bonds. The Kier molecular flexibility index (Phi) is 8.51. The van der Waals surface area contributed by atoms with Gasteiger partial charge in [0, 0.05) is 16.8 Å². The average Bonchev–Trinajstić information content (AvgIpc) is 2.95. The van der Waals surface area contributed by atoms with Crippen molar-refractivity contribution in [2.24, 2.45) is 0 Å². The molecule has 38 heavy (non-hydrogen) atoms. The minimum Gasteiger partial charge on any atom is -0.481 e. The zero-order chi connectivity index (χ0) is 26.9. The Morgan fingerprint density at radius 2 is 1.39 bits per heavy atom. The molecule has 4 rings (SSSR count). The molecule has 1 unspecified atom stereocenters. The summed E-state index contributed by atoms with van der Waals surface area (Å²) in [5, 5.41) is 2.80. The first-order valence-corrected chi connectivity index (χ1v) is 12.3. The van der Waals surface area contributed by atoms with Crippen LogP contribution in [0.25, 0.3) is 11.1 Å². The molecule has 0 aromatic heterocycles. The van der Waals surface area contributed by atoms with E-state index in [1.165, 1.54) is 0 Å². The van der Waals surface area contributed by atoms with Crippen molar-refractivity contribution in [1.29, 1.82) is 0 Å². The monoisotopic (exact) mass is 507 g/mol. The highest BCUT2D eigenvalue weighted by Gasteiger charge is 2.19. The van der Waals surface area contributed by atoms with Gasteiger partial charge in [-0.3, -0.25) is 25.2 Å². The van der Waals surface area contributed by atoms with Crippen LogP contribution in [0.3, 0.4) is 0 Å². The van der Waals surface area contributed by atoms with Crippen molar-refractivity contribution < 1.29 is 19.1 Å². The Morgan fingerprint density at radius 1 is 0.711 bits per heavy atom. The second-order valence-electron chi connectivity index (χ2n) is 8.75. The summed E-state index contributed by atoms with van der Waals surface area (Å²) in [5.41, 5.74) is 9.40. The molecular formula is C31H29N3O4. The van der Waals surface area contributed by atoms with E-state index < -0.39 is 17.9 Å². The number of hydrazine groups is 1. The third-order valence-electron chi connectivity index (χ3n) is 5.89. The number of anilines is 1. The van der Waals surface area contributed by atoms with Gasteiger partial charge in [-0.25, -0.2) is 0 Å². The lowest BCUT2D eigenvalue weighted by Crippen LogP contribution is -2.47. The Balaban J connectivity index is 1.28. The van der Waals surface area contributed by atoms with Gasteiger partial charge in [0.15, 0.2) is 6.10 Å². The number of carbonyl (C=O) groups is 3. The number of hydrogen-bond donors (Lipinski definition) is 3. The lowest BCUT2D eigenvalue weighted by Gasteiger charge is -2.18. The van der Waals surface area contributed by atoms with Crippen molar-refractivity contribution in [3.05, 3.63) is 120 Å². The normalized spacial score (nSPS) is 11.2. The van der Waals surface area contributed by atoms with Crippen LogP contribution in [0.2, 0.25) is 0 Å². The second kappa shape index (κ2) is 12.4. The van der Waals surface area contributed by atoms with Crippen LogP contribution in [0.15, 0.2) is 103 Å². The van der Waals surface area contributed by atoms with Crippen LogP contribution in [-0.4, -0.2) is 23.8 Å². The molecule has 0 spiro atoms. The lowest BCUT2D eigenvalue weighted by molar-refractivity contribution is -0.128. The van der Waals surface area contributed by atoms with E-state index in [1.54, 1.807) is 36.4 Å². The van der Waals surface area contributed by atoms with E-state index in [-0.39, 0.29) is 5.91 Å². The smallest absolute Gasteiger partial charge is 0.279 e. The van der Waals surface area contributed by atoms with Gasteiger partial charge in [0.05, 0.1) is 0 Å². The number of carbonyl (C=O) groups excluding carboxylic acids is 3. The van der Waals surface area contributed by atoms with Crippen molar-refractivity contribution in [3.8, 4) is 16.9 Å². The molecule has 0 bridgehead atoms. The van der Waals surface area contributed by atoms with E-state index in [1.807, 2.05) is 80.6 Å². The number of benzene rings is 4. The summed E-state index contributed by atoms with van der Waals surface area (Å²) in [5.74, 6) is -0.633. The summed E-state index contributed by atoms with van der Waals surface area (Å²) in [6.45, 7) is 3.75. The summed E-state index contributed by atoms with van der Waals surface area (Å²) in [6.07, 6.45) is -0.366. The third kappa shape index (κ3) is 6.85. The molecule has 4 aromatic carbocycles. The van der Waals surface area contributed by atoms with E-state index in [0.717, 1.165) is 16.7 Å². The van der Waals surface area contributed by atoms with Gasteiger partial charge in [-0.05, 0) is 73.0 Å². The standard InChI is InChI=1S/C31H29N3O4/c1-3-28(38-27-18-14-23(15-19-27)22-9-5-4-6-10-22)31(37)34-33-30(36)24-12-16-26(17-13-24)32-29(35)25-11-7-8-21(2)20-25/h4-20,28H,3H2,1-2H3,(H,32,35)(H,33,36)(H,34,37). The van der Waals surface area contributed by atoms with Crippen LogP contribution in [0.1, 0.15) is 39.6 Å². The van der Waals surface area contributed by atoms with Crippen LogP contribution in [0.5, 0.6) is 5.75 Å². The van der Waals surface area contributed by atoms with E-state index >= 15 is 0 Å². The zero-order valence-corrected chi connectivity index (χ0v) is 21.2. The molecule has 0 saturated heterocycles. The molecule has 0 heterocycles. The molecule has 0 radical (unpaired) electrons. The maximum absolute atomic E-state index is 12.6. The van der Waals surface area contributed by atoms with Crippen LogP contribution < -0.4 is 20.9 Å². The molecule has 4 aromatic rings. The van der Waals surface area contributed by atoms with Gasteiger partial charge >= 0.3 is 0 Å². The van der Waals surface area contributed by atoms with Crippen LogP contribution in [0.4, 0.5) is 5.69 Å². The molecule has 7 heteroatoms. The first-order chi connectivity index (χ1) is 18.4. The average molecular weight is 508 g/mol. The summed E-state index contributed by atoms with van der Waals surface area (Å²) in [6, 6.07) is 31.1. The topological polar surface area (TPSA) is 96.5 Å². The molecule has 0 aliphatic heterocycles. The van der Waals surface area contributed by atoms with Gasteiger partial charge in [-0.15, -0.1) is 0 Å². The zero-order valence-electron chi connectivity index (χ0n) is 21.2. The van der Waals surface area contributed by atoms with E-state index in [0.29, 0.717) is 29.0 Å². The number of amides is 3. The Labute approximate surface area is 221 Å². The molecular weight excluding hydrogens is 478 g/mol. The molecule has 3 N–H and O–H groups in total. The van der Waals surface area contributed by atoms with Crippen molar-refractivity contribution in [2.75, 3.05) is 5.32 Å². The maximum atomic E-state index is 12.6. The largest absolute Gasteiger partial charge is 0.481 e. The number of rotatable bonds is 8. The van der Waals surface area contributed by atoms with Gasteiger partial charge in [0.2, 0.25) is 0 Å². The first-order valence-electron chi connectivity index (χ1n) is 12.3. The highest BCUT2D eigenvalue weighted by molar-refractivity contribution is 6.04. The Hall–Kier alpha value is -4.91. The second-order valence-corrected chi connectivity index (χ2v) is 8.75. The fraction of sp³-hybridized carbons (Fsp3) is 0.129. The molecule has 0 saturated carbocycles. The molecule has 0 aliphatic carbocycles. The van der Waals surface area contributed by atoms with E-state index in [9.17, 15) is 14.4 Å². The summed E-state index contributed by atoms with van der Waals surface area (Å²) in [7, 11) is 0. The molecule has 0 fully saturated rings. The van der Waals surface area contributed by atoms with Crippen LogP contribution in [-0.2, 0) is 4.79 Å². The number of ether oxygens (including phenoxy) is 1. The summed E-state index contributed by atoms with van der Waals surface area (Å²) < 4.78 is 5.85. The summed E-state index contributed by atoms with van der Waals surface area (Å²) in [4.78, 5) is 37.6. The first kappa shape index (κ1) is 26.2. The molecule has 192 valence electrons. The number of aryl methyl sites for hydroxylation is 1. The van der Waals surface area contributed by atoms with Crippen molar-refractivity contribution in [3.63, 3.8) is 0 Å². The quantitative estimate of drug-likeness (QED) is 0.273.